The average Bonchev–Trinajstić information content (AvgIpc) is 3.73. The second kappa shape index (κ2) is 14.7. The summed E-state index contributed by atoms with van der Waals surface area (Å²) in [4.78, 5) is 17.7. The molecule has 0 radical (unpaired) electrons. The molecule has 62 heavy (non-hydrogen) atoms. The maximum Gasteiger partial charge on any atom is 0.164 e. The minimum atomic E-state index is 0.600. The summed E-state index contributed by atoms with van der Waals surface area (Å²) < 4.78 is 6.90. The molecule has 1 aliphatic rings. The summed E-state index contributed by atoms with van der Waals surface area (Å²) in [5, 5.41) is 4.54. The first-order valence-corrected chi connectivity index (χ1v) is 20.8. The molecule has 0 unspecified atom stereocenters. The van der Waals surface area contributed by atoms with Gasteiger partial charge in [-0.1, -0.05) is 158 Å². The van der Waals surface area contributed by atoms with Gasteiger partial charge in [0.15, 0.2) is 23.1 Å². The lowest BCUT2D eigenvalue weighted by Gasteiger charge is -2.26. The zero-order valence-corrected chi connectivity index (χ0v) is 33.5. The minimum absolute atomic E-state index is 0.600. The van der Waals surface area contributed by atoms with Crippen molar-refractivity contribution in [2.24, 2.45) is 0 Å². The van der Waals surface area contributed by atoms with E-state index in [0.29, 0.717) is 17.5 Å². The van der Waals surface area contributed by atoms with Gasteiger partial charge in [-0.3, -0.25) is 0 Å². The summed E-state index contributed by atoms with van der Waals surface area (Å²) in [7, 11) is 0. The van der Waals surface area contributed by atoms with Crippen molar-refractivity contribution in [1.82, 2.24) is 15.0 Å². The van der Waals surface area contributed by atoms with Crippen molar-refractivity contribution in [3.05, 3.63) is 218 Å². The summed E-state index contributed by atoms with van der Waals surface area (Å²) in [6.45, 7) is 0. The molecule has 0 fully saturated rings. The summed E-state index contributed by atoms with van der Waals surface area (Å²) in [6.07, 6.45) is 4.33. The van der Waals surface area contributed by atoms with Gasteiger partial charge >= 0.3 is 0 Å². The molecule has 0 saturated carbocycles. The fourth-order valence-electron chi connectivity index (χ4n) is 8.81. The lowest BCUT2D eigenvalue weighted by molar-refractivity contribution is 0.669. The Bertz CT molecular complexity index is 3420. The van der Waals surface area contributed by atoms with Crippen LogP contribution in [-0.2, 0) is 0 Å². The normalized spacial score (nSPS) is 12.1. The minimum Gasteiger partial charge on any atom is -0.454 e. The number of anilines is 2. The highest BCUT2D eigenvalue weighted by Crippen LogP contribution is 2.47. The maximum atomic E-state index is 6.90. The van der Waals surface area contributed by atoms with Crippen molar-refractivity contribution < 1.29 is 4.42 Å². The summed E-state index contributed by atoms with van der Waals surface area (Å²) >= 11 is 0. The Morgan fingerprint density at radius 1 is 0.371 bits per heavy atom. The molecule has 5 heteroatoms. The van der Waals surface area contributed by atoms with Crippen LogP contribution in [0.5, 0.6) is 0 Å². The Morgan fingerprint density at radius 3 is 1.44 bits per heavy atom. The van der Waals surface area contributed by atoms with Crippen molar-refractivity contribution in [3.63, 3.8) is 0 Å². The molecular formula is C57H36N4O. The van der Waals surface area contributed by atoms with E-state index in [1.165, 1.54) is 16.3 Å². The topological polar surface area (TPSA) is 55.1 Å². The van der Waals surface area contributed by atoms with Crippen LogP contribution in [0.15, 0.2) is 217 Å². The second-order valence-corrected chi connectivity index (χ2v) is 15.7. The zero-order chi connectivity index (χ0) is 41.0. The summed E-state index contributed by atoms with van der Waals surface area (Å²) in [5.74, 6) is 1.82. The number of aromatic nitrogens is 3. The van der Waals surface area contributed by atoms with Crippen molar-refractivity contribution in [3.8, 4) is 67.5 Å². The first-order chi connectivity index (χ1) is 30.7. The van der Waals surface area contributed by atoms with Gasteiger partial charge in [0.25, 0.3) is 0 Å². The number of para-hydroxylation sites is 1. The number of hydrogen-bond acceptors (Lipinski definition) is 5. The number of benzene rings is 9. The van der Waals surface area contributed by atoms with Gasteiger partial charge in [0.2, 0.25) is 0 Å². The fourth-order valence-corrected chi connectivity index (χ4v) is 8.81. The Morgan fingerprint density at radius 2 is 0.855 bits per heavy atom. The summed E-state index contributed by atoms with van der Waals surface area (Å²) in [6, 6.07) is 71.9. The molecule has 0 spiro atoms. The Labute approximate surface area is 358 Å². The van der Waals surface area contributed by atoms with Crippen LogP contribution in [0, 0.1) is 0 Å². The van der Waals surface area contributed by atoms with Crippen molar-refractivity contribution >= 4 is 50.2 Å². The molecular weight excluding hydrogens is 757 g/mol. The zero-order valence-electron chi connectivity index (χ0n) is 33.5. The van der Waals surface area contributed by atoms with Gasteiger partial charge in [-0.15, -0.1) is 0 Å². The van der Waals surface area contributed by atoms with Crippen LogP contribution in [-0.4, -0.2) is 15.0 Å². The molecule has 11 aromatic rings. The van der Waals surface area contributed by atoms with Crippen LogP contribution < -0.4 is 4.90 Å². The van der Waals surface area contributed by atoms with Crippen LogP contribution in [0.1, 0.15) is 5.56 Å². The largest absolute Gasteiger partial charge is 0.454 e. The van der Waals surface area contributed by atoms with Crippen LogP contribution >= 0.6 is 0 Å². The molecule has 0 amide bonds. The smallest absolute Gasteiger partial charge is 0.164 e. The molecule has 9 aromatic carbocycles. The van der Waals surface area contributed by atoms with Crippen molar-refractivity contribution in [1.29, 1.82) is 0 Å². The van der Waals surface area contributed by atoms with E-state index in [1.807, 2.05) is 18.2 Å². The van der Waals surface area contributed by atoms with Gasteiger partial charge in [0.05, 0.1) is 5.69 Å². The number of rotatable bonds is 7. The number of nitrogens with zero attached hydrogens (tertiary/aromatic N) is 4. The predicted octanol–water partition coefficient (Wildman–Crippen LogP) is 15.0. The molecule has 290 valence electrons. The van der Waals surface area contributed by atoms with Crippen LogP contribution in [0.2, 0.25) is 0 Å². The van der Waals surface area contributed by atoms with Crippen molar-refractivity contribution in [2.75, 3.05) is 4.90 Å². The van der Waals surface area contributed by atoms with Crippen LogP contribution in [0.4, 0.5) is 11.4 Å². The van der Waals surface area contributed by atoms with Crippen LogP contribution in [0.25, 0.3) is 106 Å². The average molecular weight is 793 g/mol. The van der Waals surface area contributed by atoms with Crippen LogP contribution in [0.3, 0.4) is 0 Å². The van der Waals surface area contributed by atoms with E-state index in [4.69, 9.17) is 19.4 Å². The SMILES string of the molecule is C1=CN(c2ccccc2)c2c3oc4cc(-c5cccc(-c6nc(-c7cccc(-c8ccccc8)c7)nc(-c7cccc(-c8ccccc8)c7)n6)c5)ccc4c3cc3cccc1c23. The highest BCUT2D eigenvalue weighted by Gasteiger charge is 2.24. The van der Waals surface area contributed by atoms with Gasteiger partial charge in [-0.05, 0) is 98.9 Å². The van der Waals surface area contributed by atoms with Gasteiger partial charge in [-0.25, -0.2) is 15.0 Å². The molecule has 0 aliphatic carbocycles. The molecule has 1 aliphatic heterocycles. The molecule has 3 heterocycles. The third kappa shape index (κ3) is 6.23. The highest BCUT2D eigenvalue weighted by atomic mass is 16.3. The van der Waals surface area contributed by atoms with E-state index in [-0.39, 0.29) is 0 Å². The lowest BCUT2D eigenvalue weighted by atomic mass is 9.96. The highest BCUT2D eigenvalue weighted by molar-refractivity contribution is 6.21. The van der Waals surface area contributed by atoms with Gasteiger partial charge in [0.1, 0.15) is 5.58 Å². The van der Waals surface area contributed by atoms with E-state index in [0.717, 1.165) is 83.4 Å². The third-order valence-electron chi connectivity index (χ3n) is 11.8. The van der Waals surface area contributed by atoms with E-state index in [9.17, 15) is 0 Å². The van der Waals surface area contributed by atoms with E-state index < -0.39 is 0 Å². The quantitative estimate of drug-likeness (QED) is 0.161. The molecule has 2 aromatic heterocycles. The lowest BCUT2D eigenvalue weighted by Crippen LogP contribution is -2.12. The first kappa shape index (κ1) is 35.5. The standard InChI is InChI=1S/C57H36N4O/c1-4-14-37(15-5-1)40-19-11-23-45(32-40)55-58-56(46-24-12-20-41(33-46)38-16-6-2-7-17-38)60-57(59-55)47-25-13-21-42(34-47)43-28-29-49-50-35-44-22-10-18-39-30-31-61(48-26-8-3-9-27-48)53(52(39)44)54(50)62-51(49)36-43/h1-36H. The first-order valence-electron chi connectivity index (χ1n) is 20.8. The molecule has 0 saturated heterocycles. The van der Waals surface area contributed by atoms with Gasteiger partial charge in [0, 0.05) is 44.7 Å². The number of furan rings is 1. The molecule has 0 N–H and O–H groups in total. The molecule has 5 nitrogen and oxygen atoms in total. The maximum absolute atomic E-state index is 6.90. The molecule has 12 rings (SSSR count). The monoisotopic (exact) mass is 792 g/mol. The number of hydrogen-bond donors (Lipinski definition) is 0. The van der Waals surface area contributed by atoms with E-state index in [1.54, 1.807) is 0 Å². The molecule has 0 atom stereocenters. The Kier molecular flexibility index (Phi) is 8.42. The van der Waals surface area contributed by atoms with Gasteiger partial charge in [-0.2, -0.15) is 0 Å². The molecule has 0 bridgehead atoms. The fraction of sp³-hybridized carbons (Fsp3) is 0. The second-order valence-electron chi connectivity index (χ2n) is 15.7. The summed E-state index contributed by atoms with van der Waals surface area (Å²) in [5.41, 5.74) is 14.3. The predicted molar refractivity (Wildman–Crippen MR) is 255 cm³/mol. The third-order valence-corrected chi connectivity index (χ3v) is 11.8. The van der Waals surface area contributed by atoms with E-state index >= 15 is 0 Å². The van der Waals surface area contributed by atoms with E-state index in [2.05, 4.69) is 205 Å². The Balaban J connectivity index is 0.981. The van der Waals surface area contributed by atoms with Crippen molar-refractivity contribution in [2.45, 2.75) is 0 Å². The Hall–Kier alpha value is -8.41. The van der Waals surface area contributed by atoms with Gasteiger partial charge < -0.3 is 9.32 Å². The number of fused-ring (bicyclic) bond motifs is 4.